The summed E-state index contributed by atoms with van der Waals surface area (Å²) in [6.45, 7) is 7.40. The van der Waals surface area contributed by atoms with Crippen molar-refractivity contribution in [2.45, 2.75) is 45.4 Å². The van der Waals surface area contributed by atoms with Crippen molar-refractivity contribution in [3.05, 3.63) is 0 Å². The Labute approximate surface area is 120 Å². The van der Waals surface area contributed by atoms with E-state index in [1.165, 1.54) is 4.90 Å². The Morgan fingerprint density at radius 1 is 1.25 bits per heavy atom. The smallest absolute Gasteiger partial charge is 0.245 e. The number of hydrogen-bond acceptors (Lipinski definition) is 4. The van der Waals surface area contributed by atoms with Crippen LogP contribution in [0.5, 0.6) is 0 Å². The molecule has 0 bridgehead atoms. The lowest BCUT2D eigenvalue weighted by Gasteiger charge is -2.26. The first-order valence-corrected chi connectivity index (χ1v) is 8.66. The van der Waals surface area contributed by atoms with Gasteiger partial charge in [-0.05, 0) is 19.8 Å². The van der Waals surface area contributed by atoms with Crippen molar-refractivity contribution in [1.82, 2.24) is 10.2 Å². The molecule has 0 saturated carbocycles. The fourth-order valence-corrected chi connectivity index (χ4v) is 2.94. The van der Waals surface area contributed by atoms with Crippen molar-refractivity contribution in [3.8, 4) is 0 Å². The second-order valence-corrected chi connectivity index (χ2v) is 8.46. The van der Waals surface area contributed by atoms with Crippen molar-refractivity contribution >= 4 is 21.7 Å². The van der Waals surface area contributed by atoms with Gasteiger partial charge in [-0.2, -0.15) is 0 Å². The van der Waals surface area contributed by atoms with Gasteiger partial charge in [-0.1, -0.05) is 13.8 Å². The zero-order valence-corrected chi connectivity index (χ0v) is 13.4. The molecule has 20 heavy (non-hydrogen) atoms. The maximum Gasteiger partial charge on any atom is 0.245 e. The molecule has 0 spiro atoms. The van der Waals surface area contributed by atoms with E-state index in [0.29, 0.717) is 0 Å². The highest BCUT2D eigenvalue weighted by Gasteiger charge is 2.32. The molecule has 1 saturated heterocycles. The summed E-state index contributed by atoms with van der Waals surface area (Å²) < 4.78 is 23.6. The number of nitrogens with one attached hydrogen (secondary N) is 1. The third kappa shape index (κ3) is 4.19. The normalized spacial score (nSPS) is 21.3. The minimum Gasteiger partial charge on any atom is -0.344 e. The minimum atomic E-state index is -3.18. The molecule has 1 aliphatic rings. The minimum absolute atomic E-state index is 0.0197. The molecular weight excluding hydrogens is 280 g/mol. The monoisotopic (exact) mass is 304 g/mol. The van der Waals surface area contributed by atoms with Crippen molar-refractivity contribution < 1.29 is 18.0 Å². The average Bonchev–Trinajstić information content (AvgIpc) is 2.47. The molecule has 1 rings (SSSR count). The van der Waals surface area contributed by atoms with Crippen molar-refractivity contribution in [2.75, 3.05) is 18.8 Å². The molecule has 0 aromatic heterocycles. The van der Waals surface area contributed by atoms with Gasteiger partial charge in [-0.25, -0.2) is 8.42 Å². The number of carbonyl (C=O) groups excluding carboxylic acids is 2. The molecule has 0 aliphatic carbocycles. The summed E-state index contributed by atoms with van der Waals surface area (Å²) in [5, 5.41) is 2.24. The molecule has 0 radical (unpaired) electrons. The Bertz CT molecular complexity index is 471. The van der Waals surface area contributed by atoms with Crippen LogP contribution < -0.4 is 5.32 Å². The van der Waals surface area contributed by atoms with E-state index in [2.05, 4.69) is 5.32 Å². The Morgan fingerprint density at radius 3 is 2.35 bits per heavy atom. The first-order chi connectivity index (χ1) is 9.15. The molecule has 116 valence electrons. The van der Waals surface area contributed by atoms with Gasteiger partial charge < -0.3 is 10.2 Å². The van der Waals surface area contributed by atoms with Crippen LogP contribution in [0.25, 0.3) is 0 Å². The highest BCUT2D eigenvalue weighted by Crippen LogP contribution is 2.12. The Hall–Kier alpha value is -1.11. The average molecular weight is 304 g/mol. The van der Waals surface area contributed by atoms with Gasteiger partial charge in [0.15, 0.2) is 9.84 Å². The third-order valence-electron chi connectivity index (χ3n) is 3.53. The van der Waals surface area contributed by atoms with Gasteiger partial charge in [0.1, 0.15) is 6.04 Å². The number of sulfone groups is 1. The van der Waals surface area contributed by atoms with Gasteiger partial charge in [-0.3, -0.25) is 9.59 Å². The SMILES string of the molecule is CC(C)C1NC(=O)CCN(CCS(=O)(=O)C(C)C)C1=O. The van der Waals surface area contributed by atoms with Gasteiger partial charge in [0.05, 0.1) is 11.0 Å². The molecule has 1 heterocycles. The van der Waals surface area contributed by atoms with E-state index in [1.54, 1.807) is 13.8 Å². The van der Waals surface area contributed by atoms with Crippen LogP contribution in [0.3, 0.4) is 0 Å². The van der Waals surface area contributed by atoms with E-state index in [4.69, 9.17) is 0 Å². The van der Waals surface area contributed by atoms with E-state index in [0.717, 1.165) is 0 Å². The zero-order valence-electron chi connectivity index (χ0n) is 12.5. The predicted octanol–water partition coefficient (Wildman–Crippen LogP) is 0.183. The molecule has 0 aromatic rings. The highest BCUT2D eigenvalue weighted by atomic mass is 32.2. The summed E-state index contributed by atoms with van der Waals surface area (Å²) in [7, 11) is -3.18. The summed E-state index contributed by atoms with van der Waals surface area (Å²) >= 11 is 0. The van der Waals surface area contributed by atoms with Gasteiger partial charge in [0, 0.05) is 19.5 Å². The van der Waals surface area contributed by atoms with Crippen molar-refractivity contribution in [1.29, 1.82) is 0 Å². The summed E-state index contributed by atoms with van der Waals surface area (Å²) in [6.07, 6.45) is 0.219. The molecule has 2 amide bonds. The van der Waals surface area contributed by atoms with Gasteiger partial charge in [-0.15, -0.1) is 0 Å². The summed E-state index contributed by atoms with van der Waals surface area (Å²) in [5.74, 6) is -0.431. The number of amides is 2. The van der Waals surface area contributed by atoms with Crippen molar-refractivity contribution in [2.24, 2.45) is 5.92 Å². The lowest BCUT2D eigenvalue weighted by Crippen LogP contribution is -2.48. The molecule has 1 atom stereocenters. The maximum atomic E-state index is 12.3. The Balaban J connectivity index is 2.78. The van der Waals surface area contributed by atoms with E-state index >= 15 is 0 Å². The largest absolute Gasteiger partial charge is 0.344 e. The molecule has 1 aliphatic heterocycles. The molecule has 6 nitrogen and oxygen atoms in total. The molecular formula is C13H24N2O4S. The zero-order chi connectivity index (χ0) is 15.5. The lowest BCUT2D eigenvalue weighted by molar-refractivity contribution is -0.134. The van der Waals surface area contributed by atoms with Gasteiger partial charge in [0.2, 0.25) is 11.8 Å². The van der Waals surface area contributed by atoms with Crippen LogP contribution in [0.2, 0.25) is 0 Å². The first-order valence-electron chi connectivity index (χ1n) is 6.95. The highest BCUT2D eigenvalue weighted by molar-refractivity contribution is 7.92. The van der Waals surface area contributed by atoms with Crippen LogP contribution >= 0.6 is 0 Å². The van der Waals surface area contributed by atoms with Crippen LogP contribution in [0.4, 0.5) is 0 Å². The van der Waals surface area contributed by atoms with E-state index in [-0.39, 0.29) is 43.0 Å². The fraction of sp³-hybridized carbons (Fsp3) is 0.846. The second-order valence-electron chi connectivity index (χ2n) is 5.78. The molecule has 0 aromatic carbocycles. The summed E-state index contributed by atoms with van der Waals surface area (Å²) in [5.41, 5.74) is 0. The van der Waals surface area contributed by atoms with Gasteiger partial charge in [0.25, 0.3) is 0 Å². The topological polar surface area (TPSA) is 83.6 Å². The lowest BCUT2D eigenvalue weighted by atomic mass is 10.0. The van der Waals surface area contributed by atoms with Crippen LogP contribution in [0.15, 0.2) is 0 Å². The number of carbonyl (C=O) groups is 2. The van der Waals surface area contributed by atoms with Crippen LogP contribution in [0, 0.1) is 5.92 Å². The standard InChI is InChI=1S/C13H24N2O4S/c1-9(2)12-13(17)15(6-5-11(16)14-12)7-8-20(18,19)10(3)4/h9-10,12H,5-8H2,1-4H3,(H,14,16). The predicted molar refractivity (Wildman–Crippen MR) is 76.9 cm³/mol. The van der Waals surface area contributed by atoms with Crippen molar-refractivity contribution in [3.63, 3.8) is 0 Å². The van der Waals surface area contributed by atoms with Crippen LogP contribution in [0.1, 0.15) is 34.1 Å². The third-order valence-corrected chi connectivity index (χ3v) is 5.72. The van der Waals surface area contributed by atoms with E-state index < -0.39 is 21.1 Å². The molecule has 7 heteroatoms. The number of nitrogens with zero attached hydrogens (tertiary/aromatic N) is 1. The Morgan fingerprint density at radius 2 is 1.85 bits per heavy atom. The van der Waals surface area contributed by atoms with E-state index in [1.807, 2.05) is 13.8 Å². The summed E-state index contributed by atoms with van der Waals surface area (Å²) in [4.78, 5) is 25.4. The maximum absolute atomic E-state index is 12.3. The van der Waals surface area contributed by atoms with Gasteiger partial charge >= 0.3 is 0 Å². The van der Waals surface area contributed by atoms with Crippen LogP contribution in [-0.4, -0.2) is 55.3 Å². The molecule has 1 N–H and O–H groups in total. The number of rotatable bonds is 5. The quantitative estimate of drug-likeness (QED) is 0.785. The second kappa shape index (κ2) is 6.56. The molecule has 1 unspecified atom stereocenters. The first kappa shape index (κ1) is 16.9. The summed E-state index contributed by atoms with van der Waals surface area (Å²) in [6, 6.07) is -0.563. The fourth-order valence-electron chi connectivity index (χ4n) is 2.00. The molecule has 1 fully saturated rings. The van der Waals surface area contributed by atoms with Crippen LogP contribution in [-0.2, 0) is 19.4 Å². The number of hydrogen-bond donors (Lipinski definition) is 1. The van der Waals surface area contributed by atoms with E-state index in [9.17, 15) is 18.0 Å². The Kier molecular flexibility index (Phi) is 5.56.